The van der Waals surface area contributed by atoms with Crippen LogP contribution >= 0.6 is 66.4 Å². The zero-order chi connectivity index (χ0) is 12.6. The second-order valence-electron chi connectivity index (χ2n) is 3.30. The average Bonchev–Trinajstić information content (AvgIpc) is 2.62. The van der Waals surface area contributed by atoms with E-state index >= 15 is 0 Å². The van der Waals surface area contributed by atoms with Crippen molar-refractivity contribution in [3.8, 4) is 0 Å². The number of benzene rings is 1. The summed E-state index contributed by atoms with van der Waals surface area (Å²) in [4.78, 5) is 0.853. The first-order chi connectivity index (χ1) is 7.99. The second kappa shape index (κ2) is 5.57. The Hall–Kier alpha value is 0.390. The van der Waals surface area contributed by atoms with Crippen molar-refractivity contribution in [2.45, 2.75) is 5.38 Å². The third-order valence-corrected chi connectivity index (χ3v) is 6.30. The van der Waals surface area contributed by atoms with E-state index in [4.69, 9.17) is 23.2 Å². The molecular weight excluding hydrogens is 414 g/mol. The van der Waals surface area contributed by atoms with Gasteiger partial charge in [0, 0.05) is 19.9 Å². The van der Waals surface area contributed by atoms with Crippen LogP contribution in [0, 0.1) is 5.82 Å². The molecule has 1 aromatic heterocycles. The van der Waals surface area contributed by atoms with Gasteiger partial charge in [0.15, 0.2) is 0 Å². The van der Waals surface area contributed by atoms with Crippen LogP contribution in [0.1, 0.15) is 15.8 Å². The van der Waals surface area contributed by atoms with Gasteiger partial charge in [0.2, 0.25) is 0 Å². The average molecular weight is 419 g/mol. The molecule has 0 saturated heterocycles. The van der Waals surface area contributed by atoms with Crippen LogP contribution in [0.15, 0.2) is 32.5 Å². The van der Waals surface area contributed by atoms with Crippen LogP contribution in [-0.2, 0) is 0 Å². The first kappa shape index (κ1) is 13.8. The summed E-state index contributed by atoms with van der Waals surface area (Å²) in [5, 5.41) is -0.0666. The lowest BCUT2D eigenvalue weighted by Gasteiger charge is -2.09. The highest BCUT2D eigenvalue weighted by Crippen LogP contribution is 2.41. The summed E-state index contributed by atoms with van der Waals surface area (Å²) >= 11 is 20.3. The molecule has 0 spiro atoms. The number of halogens is 5. The van der Waals surface area contributed by atoms with Crippen molar-refractivity contribution in [2.24, 2.45) is 0 Å². The molecule has 0 nitrogen and oxygen atoms in total. The largest absolute Gasteiger partial charge is 0.207 e. The lowest BCUT2D eigenvalue weighted by molar-refractivity contribution is 0.613. The predicted molar refractivity (Wildman–Crippen MR) is 78.8 cm³/mol. The molecule has 2 aromatic rings. The Morgan fingerprint density at radius 1 is 1.24 bits per heavy atom. The van der Waals surface area contributed by atoms with Crippen molar-refractivity contribution in [3.63, 3.8) is 0 Å². The highest BCUT2D eigenvalue weighted by molar-refractivity contribution is 9.13. The molecule has 1 aromatic carbocycles. The fourth-order valence-electron chi connectivity index (χ4n) is 1.35. The van der Waals surface area contributed by atoms with Crippen molar-refractivity contribution in [1.82, 2.24) is 0 Å². The number of alkyl halides is 1. The van der Waals surface area contributed by atoms with Gasteiger partial charge in [-0.05, 0) is 56.1 Å². The van der Waals surface area contributed by atoms with Crippen LogP contribution in [0.5, 0.6) is 0 Å². The highest BCUT2D eigenvalue weighted by atomic mass is 79.9. The number of rotatable bonds is 2. The third-order valence-electron chi connectivity index (χ3n) is 2.15. The summed E-state index contributed by atoms with van der Waals surface area (Å²) < 4.78 is 15.5. The van der Waals surface area contributed by atoms with Gasteiger partial charge in [0.1, 0.15) is 5.82 Å². The van der Waals surface area contributed by atoms with E-state index < -0.39 is 5.38 Å². The molecule has 0 aliphatic rings. The molecule has 0 aliphatic heterocycles. The van der Waals surface area contributed by atoms with E-state index in [-0.39, 0.29) is 5.82 Å². The lowest BCUT2D eigenvalue weighted by Crippen LogP contribution is -1.94. The third kappa shape index (κ3) is 3.04. The van der Waals surface area contributed by atoms with E-state index in [0.29, 0.717) is 10.6 Å². The maximum absolute atomic E-state index is 13.7. The standard InChI is InChI=1S/C11H5Br2Cl2FS/c12-7-4-9(17-11(7)13)10(15)6-3-5(14)1-2-8(6)16/h1-4,10H. The monoisotopic (exact) mass is 416 g/mol. The van der Waals surface area contributed by atoms with Gasteiger partial charge in [-0.1, -0.05) is 11.6 Å². The van der Waals surface area contributed by atoms with Gasteiger partial charge in [0.05, 0.1) is 9.16 Å². The van der Waals surface area contributed by atoms with E-state index in [1.165, 1.54) is 23.5 Å². The minimum atomic E-state index is -0.540. The van der Waals surface area contributed by atoms with Gasteiger partial charge in [0.25, 0.3) is 0 Å². The molecule has 0 saturated carbocycles. The SMILES string of the molecule is Fc1ccc(Cl)cc1C(Cl)c1cc(Br)c(Br)s1. The van der Waals surface area contributed by atoms with Gasteiger partial charge < -0.3 is 0 Å². The van der Waals surface area contributed by atoms with E-state index in [9.17, 15) is 4.39 Å². The lowest BCUT2D eigenvalue weighted by atomic mass is 10.1. The van der Waals surface area contributed by atoms with Crippen LogP contribution in [0.2, 0.25) is 5.02 Å². The van der Waals surface area contributed by atoms with Crippen molar-refractivity contribution < 1.29 is 4.39 Å². The minimum Gasteiger partial charge on any atom is -0.207 e. The molecule has 1 unspecified atom stereocenters. The molecule has 90 valence electrons. The first-order valence-corrected chi connectivity index (χ1v) is 7.74. The molecule has 0 N–H and O–H groups in total. The van der Waals surface area contributed by atoms with Crippen molar-refractivity contribution in [2.75, 3.05) is 0 Å². The summed E-state index contributed by atoms with van der Waals surface area (Å²) in [6.07, 6.45) is 0. The maximum Gasteiger partial charge on any atom is 0.128 e. The van der Waals surface area contributed by atoms with Gasteiger partial charge in [-0.3, -0.25) is 0 Å². The molecule has 2 rings (SSSR count). The van der Waals surface area contributed by atoms with Crippen molar-refractivity contribution in [3.05, 3.63) is 53.8 Å². The zero-order valence-electron chi connectivity index (χ0n) is 8.18. The van der Waals surface area contributed by atoms with E-state index in [1.54, 1.807) is 6.07 Å². The fourth-order valence-corrected chi connectivity index (χ4v) is 3.98. The van der Waals surface area contributed by atoms with Gasteiger partial charge in [-0.2, -0.15) is 0 Å². The van der Waals surface area contributed by atoms with Crippen molar-refractivity contribution >= 4 is 66.4 Å². The van der Waals surface area contributed by atoms with Gasteiger partial charge in [-0.15, -0.1) is 22.9 Å². The molecule has 17 heavy (non-hydrogen) atoms. The first-order valence-electron chi connectivity index (χ1n) is 4.53. The molecule has 1 atom stereocenters. The maximum atomic E-state index is 13.7. The highest BCUT2D eigenvalue weighted by Gasteiger charge is 2.19. The van der Waals surface area contributed by atoms with Gasteiger partial charge >= 0.3 is 0 Å². The predicted octanol–water partition coefficient (Wildman–Crippen LogP) is 6.39. The molecular formula is C11H5Br2Cl2FS. The fraction of sp³-hybridized carbons (Fsp3) is 0.0909. The molecule has 0 amide bonds. The summed E-state index contributed by atoms with van der Waals surface area (Å²) in [5.74, 6) is -0.352. The normalized spacial score (nSPS) is 12.8. The molecule has 1 heterocycles. The number of hydrogen-bond acceptors (Lipinski definition) is 1. The summed E-state index contributed by atoms with van der Waals surface area (Å²) in [5.41, 5.74) is 0.389. The minimum absolute atomic E-state index is 0.352. The Morgan fingerprint density at radius 3 is 2.53 bits per heavy atom. The van der Waals surface area contributed by atoms with E-state index in [1.807, 2.05) is 6.07 Å². The number of thiophene rings is 1. The van der Waals surface area contributed by atoms with Crippen LogP contribution in [0.3, 0.4) is 0 Å². The van der Waals surface area contributed by atoms with E-state index in [0.717, 1.165) is 13.1 Å². The molecule has 0 bridgehead atoms. The summed E-state index contributed by atoms with van der Waals surface area (Å²) in [6, 6.07) is 6.25. The van der Waals surface area contributed by atoms with E-state index in [2.05, 4.69) is 31.9 Å². The Morgan fingerprint density at radius 2 is 1.94 bits per heavy atom. The summed E-state index contributed by atoms with van der Waals surface area (Å²) in [6.45, 7) is 0. The van der Waals surface area contributed by atoms with Gasteiger partial charge in [-0.25, -0.2) is 4.39 Å². The van der Waals surface area contributed by atoms with Crippen LogP contribution in [0.4, 0.5) is 4.39 Å². The molecule has 6 heteroatoms. The summed E-state index contributed by atoms with van der Waals surface area (Å²) in [7, 11) is 0. The second-order valence-corrected chi connectivity index (χ2v) is 7.43. The van der Waals surface area contributed by atoms with Crippen LogP contribution < -0.4 is 0 Å². The Labute approximate surface area is 129 Å². The Kier molecular flexibility index (Phi) is 4.53. The van der Waals surface area contributed by atoms with Crippen LogP contribution in [-0.4, -0.2) is 0 Å². The number of hydrogen-bond donors (Lipinski definition) is 0. The smallest absolute Gasteiger partial charge is 0.128 e. The molecule has 0 radical (unpaired) electrons. The molecule has 0 aliphatic carbocycles. The Balaban J connectivity index is 2.42. The quantitative estimate of drug-likeness (QED) is 0.495. The molecule has 0 fully saturated rings. The zero-order valence-corrected chi connectivity index (χ0v) is 13.7. The van der Waals surface area contributed by atoms with Crippen molar-refractivity contribution in [1.29, 1.82) is 0 Å². The van der Waals surface area contributed by atoms with Crippen LogP contribution in [0.25, 0.3) is 0 Å². The Bertz CT molecular complexity index is 537. The topological polar surface area (TPSA) is 0 Å².